The van der Waals surface area contributed by atoms with Crippen molar-refractivity contribution in [2.45, 2.75) is 70.8 Å². The van der Waals surface area contributed by atoms with Crippen LogP contribution in [0.25, 0.3) is 0 Å². The first-order valence-electron chi connectivity index (χ1n) is 12.2. The molecule has 0 aromatic heterocycles. The van der Waals surface area contributed by atoms with E-state index in [4.69, 9.17) is 19.9 Å². The number of carbonyl (C=O) groups excluding carboxylic acids is 1. The molecule has 0 aliphatic heterocycles. The molecule has 1 saturated carbocycles. The van der Waals surface area contributed by atoms with Crippen molar-refractivity contribution in [1.82, 2.24) is 0 Å². The molecule has 1 fully saturated rings. The molecule has 5 heteroatoms. The van der Waals surface area contributed by atoms with Crippen molar-refractivity contribution in [2.75, 3.05) is 19.8 Å². The quantitative estimate of drug-likeness (QED) is 0.459. The van der Waals surface area contributed by atoms with E-state index in [2.05, 4.69) is 32.9 Å². The number of nitrogens with two attached hydrogens (primary N) is 1. The van der Waals surface area contributed by atoms with Crippen LogP contribution in [0.5, 0.6) is 11.5 Å². The molecule has 5 nitrogen and oxygen atoms in total. The van der Waals surface area contributed by atoms with Crippen LogP contribution < -0.4 is 15.2 Å². The second-order valence-electron chi connectivity index (χ2n) is 9.97. The summed E-state index contributed by atoms with van der Waals surface area (Å²) in [6, 6.07) is 15.7. The van der Waals surface area contributed by atoms with Gasteiger partial charge in [0.1, 0.15) is 18.1 Å². The van der Waals surface area contributed by atoms with E-state index in [0.29, 0.717) is 37.8 Å². The SMILES string of the molecule is CC(C)(C)c1ccc(O[C@@H](Cc2ccc(OCCN)cc2)C(=O)OCCC2CCCC2)cc1. The molecular weight excluding hydrogens is 414 g/mol. The third-order valence-electron chi connectivity index (χ3n) is 6.24. The molecule has 2 aromatic carbocycles. The minimum Gasteiger partial charge on any atom is -0.492 e. The van der Waals surface area contributed by atoms with E-state index >= 15 is 0 Å². The average Bonchev–Trinajstić information content (AvgIpc) is 3.31. The second kappa shape index (κ2) is 12.1. The summed E-state index contributed by atoms with van der Waals surface area (Å²) in [5.74, 6) is 1.81. The van der Waals surface area contributed by atoms with Crippen LogP contribution in [-0.2, 0) is 21.4 Å². The molecule has 1 aliphatic rings. The van der Waals surface area contributed by atoms with Crippen LogP contribution in [0.1, 0.15) is 64.0 Å². The maximum absolute atomic E-state index is 13.0. The minimum atomic E-state index is -0.704. The molecule has 0 heterocycles. The summed E-state index contributed by atoms with van der Waals surface area (Å²) < 4.78 is 17.4. The highest BCUT2D eigenvalue weighted by Gasteiger charge is 2.24. The summed E-state index contributed by atoms with van der Waals surface area (Å²) in [6.45, 7) is 7.93. The molecule has 33 heavy (non-hydrogen) atoms. The molecule has 0 amide bonds. The molecule has 2 N–H and O–H groups in total. The molecule has 2 aromatic rings. The van der Waals surface area contributed by atoms with Crippen molar-refractivity contribution >= 4 is 5.97 Å². The Balaban J connectivity index is 1.65. The van der Waals surface area contributed by atoms with Gasteiger partial charge in [-0.3, -0.25) is 0 Å². The zero-order chi connectivity index (χ0) is 23.7. The van der Waals surface area contributed by atoms with E-state index in [9.17, 15) is 4.79 Å². The molecule has 1 aliphatic carbocycles. The van der Waals surface area contributed by atoms with Gasteiger partial charge < -0.3 is 19.9 Å². The Kier molecular flexibility index (Phi) is 9.19. The van der Waals surface area contributed by atoms with Crippen molar-refractivity contribution in [1.29, 1.82) is 0 Å². The van der Waals surface area contributed by atoms with Gasteiger partial charge in [0.25, 0.3) is 0 Å². The fourth-order valence-electron chi connectivity index (χ4n) is 4.20. The van der Waals surface area contributed by atoms with E-state index in [0.717, 1.165) is 17.7 Å². The highest BCUT2D eigenvalue weighted by Crippen LogP contribution is 2.28. The third kappa shape index (κ3) is 8.08. The highest BCUT2D eigenvalue weighted by molar-refractivity contribution is 5.75. The van der Waals surface area contributed by atoms with E-state index < -0.39 is 6.10 Å². The van der Waals surface area contributed by atoms with Crippen LogP contribution in [0.2, 0.25) is 0 Å². The molecule has 0 radical (unpaired) electrons. The van der Waals surface area contributed by atoms with Gasteiger partial charge in [0.2, 0.25) is 0 Å². The van der Waals surface area contributed by atoms with E-state index in [1.54, 1.807) is 0 Å². The number of carbonyl (C=O) groups is 1. The van der Waals surface area contributed by atoms with Crippen LogP contribution in [-0.4, -0.2) is 31.8 Å². The van der Waals surface area contributed by atoms with Gasteiger partial charge in [-0.25, -0.2) is 4.79 Å². The number of ether oxygens (including phenoxy) is 3. The maximum Gasteiger partial charge on any atom is 0.347 e. The topological polar surface area (TPSA) is 70.8 Å². The van der Waals surface area contributed by atoms with Crippen molar-refractivity contribution in [3.05, 3.63) is 59.7 Å². The van der Waals surface area contributed by atoms with E-state index in [1.165, 1.54) is 31.2 Å². The van der Waals surface area contributed by atoms with Crippen molar-refractivity contribution < 1.29 is 19.0 Å². The first-order chi connectivity index (χ1) is 15.8. The summed E-state index contributed by atoms with van der Waals surface area (Å²) in [5, 5.41) is 0. The van der Waals surface area contributed by atoms with Crippen molar-refractivity contribution in [3.63, 3.8) is 0 Å². The Bertz CT molecular complexity index is 849. The van der Waals surface area contributed by atoms with Gasteiger partial charge in [0, 0.05) is 13.0 Å². The molecule has 0 spiro atoms. The van der Waals surface area contributed by atoms with Crippen LogP contribution in [0.3, 0.4) is 0 Å². The number of benzene rings is 2. The van der Waals surface area contributed by atoms with Crippen LogP contribution in [0, 0.1) is 5.92 Å². The van der Waals surface area contributed by atoms with Crippen LogP contribution in [0.15, 0.2) is 48.5 Å². The summed E-state index contributed by atoms with van der Waals surface area (Å²) >= 11 is 0. The van der Waals surface area contributed by atoms with E-state index in [1.807, 2.05) is 36.4 Å². The summed E-state index contributed by atoms with van der Waals surface area (Å²) in [7, 11) is 0. The Morgan fingerprint density at radius 2 is 1.61 bits per heavy atom. The number of hydrogen-bond acceptors (Lipinski definition) is 5. The first kappa shape index (κ1) is 25.1. The van der Waals surface area contributed by atoms with Gasteiger partial charge in [0.05, 0.1) is 6.61 Å². The molecule has 0 bridgehead atoms. The first-order valence-corrected chi connectivity index (χ1v) is 12.2. The Hall–Kier alpha value is -2.53. The minimum absolute atomic E-state index is 0.0603. The smallest absolute Gasteiger partial charge is 0.347 e. The highest BCUT2D eigenvalue weighted by atomic mass is 16.6. The lowest BCUT2D eigenvalue weighted by atomic mass is 9.87. The number of rotatable bonds is 11. The molecule has 180 valence electrons. The second-order valence-corrected chi connectivity index (χ2v) is 9.97. The van der Waals surface area contributed by atoms with Crippen molar-refractivity contribution in [3.8, 4) is 11.5 Å². The van der Waals surface area contributed by atoms with Gasteiger partial charge in [-0.05, 0) is 53.1 Å². The van der Waals surface area contributed by atoms with E-state index in [-0.39, 0.29) is 11.4 Å². The fraction of sp³-hybridized carbons (Fsp3) is 0.536. The Labute approximate surface area is 198 Å². The number of esters is 1. The zero-order valence-corrected chi connectivity index (χ0v) is 20.3. The normalized spacial score (nSPS) is 15.3. The lowest BCUT2D eigenvalue weighted by Gasteiger charge is -2.21. The standard InChI is InChI=1S/C28H39NO4/c1-28(2,3)23-10-14-25(15-11-23)33-26(27(30)32-18-16-21-6-4-5-7-21)20-22-8-12-24(13-9-22)31-19-17-29/h8-15,21,26H,4-7,16-20,29H2,1-3H3/t26-/m0/s1. The summed E-state index contributed by atoms with van der Waals surface area (Å²) in [6.07, 6.45) is 5.74. The predicted molar refractivity (Wildman–Crippen MR) is 132 cm³/mol. The fourth-order valence-corrected chi connectivity index (χ4v) is 4.20. The summed E-state index contributed by atoms with van der Waals surface area (Å²) in [4.78, 5) is 13.0. The third-order valence-corrected chi connectivity index (χ3v) is 6.24. The maximum atomic E-state index is 13.0. The van der Waals surface area contributed by atoms with Gasteiger partial charge >= 0.3 is 5.97 Å². The average molecular weight is 454 g/mol. The van der Waals surface area contributed by atoms with Gasteiger partial charge in [0.15, 0.2) is 6.10 Å². The van der Waals surface area contributed by atoms with Gasteiger partial charge in [-0.15, -0.1) is 0 Å². The summed E-state index contributed by atoms with van der Waals surface area (Å²) in [5.41, 5.74) is 7.77. The lowest BCUT2D eigenvalue weighted by Crippen LogP contribution is -2.32. The van der Waals surface area contributed by atoms with Gasteiger partial charge in [-0.1, -0.05) is 70.7 Å². The lowest BCUT2D eigenvalue weighted by molar-refractivity contribution is -0.152. The van der Waals surface area contributed by atoms with Crippen molar-refractivity contribution in [2.24, 2.45) is 11.7 Å². The largest absolute Gasteiger partial charge is 0.492 e. The molecular formula is C28H39NO4. The number of hydrogen-bond donors (Lipinski definition) is 1. The van der Waals surface area contributed by atoms with Crippen LogP contribution in [0.4, 0.5) is 0 Å². The molecule has 0 unspecified atom stereocenters. The monoisotopic (exact) mass is 453 g/mol. The van der Waals surface area contributed by atoms with Gasteiger partial charge in [-0.2, -0.15) is 0 Å². The zero-order valence-electron chi connectivity index (χ0n) is 20.3. The molecule has 1 atom stereocenters. The Morgan fingerprint density at radius 1 is 0.970 bits per heavy atom. The molecule has 0 saturated heterocycles. The predicted octanol–water partition coefficient (Wildman–Crippen LogP) is 5.44. The van der Waals surface area contributed by atoms with Crippen LogP contribution >= 0.6 is 0 Å². The Morgan fingerprint density at radius 3 is 2.21 bits per heavy atom. The molecule has 3 rings (SSSR count).